The summed E-state index contributed by atoms with van der Waals surface area (Å²) in [4.78, 5) is 12.9. The molecule has 0 saturated heterocycles. The molecule has 5 aliphatic carbocycles. The first-order valence-electron chi connectivity index (χ1n) is 14.2. The third-order valence-corrected chi connectivity index (χ3v) is 13.4. The maximum atomic E-state index is 12.9. The zero-order valence-electron chi connectivity index (χ0n) is 23.0. The Morgan fingerprint density at radius 3 is 2.31 bits per heavy atom. The Balaban J connectivity index is 1.69. The molecule has 0 aromatic carbocycles. The summed E-state index contributed by atoms with van der Waals surface area (Å²) < 4.78 is 0. The number of allylic oxidation sites excluding steroid dienone is 1. The fraction of sp³-hybridized carbons (Fsp3) is 0.900. The van der Waals surface area contributed by atoms with Crippen LogP contribution < -0.4 is 0 Å². The van der Waals surface area contributed by atoms with E-state index in [0.717, 1.165) is 5.57 Å². The first-order valence-corrected chi connectivity index (χ1v) is 14.2. The van der Waals surface area contributed by atoms with Gasteiger partial charge < -0.3 is 25.5 Å². The predicted octanol–water partition coefficient (Wildman–Crippen LogP) is 4.15. The maximum Gasteiger partial charge on any atom is 0.310 e. The molecule has 6 heteroatoms. The smallest absolute Gasteiger partial charge is 0.310 e. The van der Waals surface area contributed by atoms with E-state index < -0.39 is 51.4 Å². The van der Waals surface area contributed by atoms with Gasteiger partial charge in [0.2, 0.25) is 0 Å². The monoisotopic (exact) mass is 504 g/mol. The molecule has 0 unspecified atom stereocenters. The van der Waals surface area contributed by atoms with Crippen LogP contribution in [-0.4, -0.2) is 55.9 Å². The van der Waals surface area contributed by atoms with Crippen molar-refractivity contribution >= 4 is 5.97 Å². The molecule has 4 fully saturated rings. The molecule has 6 nitrogen and oxygen atoms in total. The molecule has 5 rings (SSSR count). The summed E-state index contributed by atoms with van der Waals surface area (Å²) in [6.45, 7) is 12.4. The summed E-state index contributed by atoms with van der Waals surface area (Å²) >= 11 is 0. The van der Waals surface area contributed by atoms with Crippen molar-refractivity contribution in [2.24, 2.45) is 50.7 Å². The average Bonchev–Trinajstić information content (AvgIpc) is 2.78. The minimum Gasteiger partial charge on any atom is -0.481 e. The van der Waals surface area contributed by atoms with Gasteiger partial charge in [0.05, 0.1) is 23.2 Å². The van der Waals surface area contributed by atoms with Gasteiger partial charge in [0, 0.05) is 23.9 Å². The molecule has 0 aliphatic heterocycles. The Morgan fingerprint density at radius 2 is 1.69 bits per heavy atom. The van der Waals surface area contributed by atoms with E-state index in [1.165, 1.54) is 0 Å². The Bertz CT molecular complexity index is 970. The molecule has 0 amide bonds. The molecule has 0 heterocycles. The highest BCUT2D eigenvalue weighted by atomic mass is 16.4. The number of fused-ring (bicyclic) bond motifs is 7. The Labute approximate surface area is 216 Å². The largest absolute Gasteiger partial charge is 0.481 e. The number of aliphatic carboxylic acids is 1. The van der Waals surface area contributed by atoms with Gasteiger partial charge in [-0.05, 0) is 86.4 Å². The van der Waals surface area contributed by atoms with Gasteiger partial charge in [-0.15, -0.1) is 0 Å². The second-order valence-electron chi connectivity index (χ2n) is 14.8. The Morgan fingerprint density at radius 1 is 1.03 bits per heavy atom. The van der Waals surface area contributed by atoms with Crippen LogP contribution in [0.5, 0.6) is 0 Å². The number of hydrogen-bond donors (Lipinski definition) is 5. The van der Waals surface area contributed by atoms with Crippen LogP contribution in [0.1, 0.15) is 92.9 Å². The maximum absolute atomic E-state index is 12.9. The fourth-order valence-electron chi connectivity index (χ4n) is 11.0. The van der Waals surface area contributed by atoms with Crippen LogP contribution in [0.4, 0.5) is 0 Å². The molecule has 0 radical (unpaired) electrons. The highest BCUT2D eigenvalue weighted by Gasteiger charge is 2.73. The van der Waals surface area contributed by atoms with Crippen molar-refractivity contribution in [2.75, 3.05) is 6.61 Å². The number of hydrogen-bond acceptors (Lipinski definition) is 5. The van der Waals surface area contributed by atoms with Crippen LogP contribution in [0.2, 0.25) is 0 Å². The van der Waals surface area contributed by atoms with Crippen molar-refractivity contribution < 1.29 is 30.3 Å². The third kappa shape index (κ3) is 2.91. The Kier molecular flexibility index (Phi) is 5.77. The highest BCUT2D eigenvalue weighted by Crippen LogP contribution is 2.76. The molecule has 11 atom stereocenters. The van der Waals surface area contributed by atoms with Crippen LogP contribution in [0.15, 0.2) is 11.6 Å². The predicted molar refractivity (Wildman–Crippen MR) is 137 cm³/mol. The highest BCUT2D eigenvalue weighted by molar-refractivity contribution is 5.77. The minimum absolute atomic E-state index is 0.00510. The second-order valence-corrected chi connectivity index (χ2v) is 14.8. The number of aliphatic hydroxyl groups is 4. The molecule has 0 spiro atoms. The number of carbonyl (C=O) groups is 1. The lowest BCUT2D eigenvalue weighted by atomic mass is 9.32. The number of carboxylic acids is 1. The summed E-state index contributed by atoms with van der Waals surface area (Å²) in [5, 5.41) is 56.2. The van der Waals surface area contributed by atoms with Crippen molar-refractivity contribution in [1.29, 1.82) is 0 Å². The fourth-order valence-corrected chi connectivity index (χ4v) is 11.0. The van der Waals surface area contributed by atoms with E-state index in [0.29, 0.717) is 51.4 Å². The molecule has 0 bridgehead atoms. The molecule has 4 saturated carbocycles. The van der Waals surface area contributed by atoms with Crippen LogP contribution in [0, 0.1) is 50.7 Å². The van der Waals surface area contributed by atoms with E-state index in [-0.39, 0.29) is 29.8 Å². The van der Waals surface area contributed by atoms with Crippen LogP contribution in [-0.2, 0) is 4.79 Å². The number of carboxylic acid groups (broad SMARTS) is 1. The second kappa shape index (κ2) is 7.80. The van der Waals surface area contributed by atoms with Crippen molar-refractivity contribution in [1.82, 2.24) is 0 Å². The standard InChI is InChI=1S/C30H48O6/c1-17-9-11-29(24(34)35)14-13-26(4)18(22(29)28(17,6)36)7-8-20-27(26,5)15-19(32)23-25(2,3)21(33)10-12-30(20,23)16-31/h7,17,19-23,31-33,36H,8-16H2,1-6H3,(H,34,35)/t17-,19-,20+,21+,22-,23+,26-,27-,28-,29+,30+/m1/s1. The quantitative estimate of drug-likeness (QED) is 0.361. The molecular weight excluding hydrogens is 456 g/mol. The lowest BCUT2D eigenvalue weighted by molar-refractivity contribution is -0.261. The van der Waals surface area contributed by atoms with Gasteiger partial charge in [0.15, 0.2) is 0 Å². The van der Waals surface area contributed by atoms with Gasteiger partial charge in [0.1, 0.15) is 0 Å². The van der Waals surface area contributed by atoms with E-state index in [2.05, 4.69) is 19.9 Å². The van der Waals surface area contributed by atoms with Gasteiger partial charge >= 0.3 is 5.97 Å². The van der Waals surface area contributed by atoms with Crippen molar-refractivity contribution in [2.45, 2.75) is 111 Å². The molecule has 0 aromatic heterocycles. The third-order valence-electron chi connectivity index (χ3n) is 13.4. The molecule has 5 N–H and O–H groups in total. The van der Waals surface area contributed by atoms with Crippen LogP contribution >= 0.6 is 0 Å². The lowest BCUT2D eigenvalue weighted by Crippen LogP contribution is -2.71. The van der Waals surface area contributed by atoms with E-state index in [4.69, 9.17) is 0 Å². The first kappa shape index (κ1) is 26.6. The number of aliphatic hydroxyl groups excluding tert-OH is 3. The van der Waals surface area contributed by atoms with Crippen molar-refractivity contribution in [3.05, 3.63) is 11.6 Å². The van der Waals surface area contributed by atoms with Crippen LogP contribution in [0.3, 0.4) is 0 Å². The van der Waals surface area contributed by atoms with Gasteiger partial charge in [-0.3, -0.25) is 4.79 Å². The van der Waals surface area contributed by atoms with Crippen LogP contribution in [0.25, 0.3) is 0 Å². The summed E-state index contributed by atoms with van der Waals surface area (Å²) in [5.74, 6) is -1.38. The molecule has 204 valence electrons. The summed E-state index contributed by atoms with van der Waals surface area (Å²) in [6, 6.07) is 0. The van der Waals surface area contributed by atoms with E-state index in [1.54, 1.807) is 0 Å². The zero-order chi connectivity index (χ0) is 26.7. The first-order chi connectivity index (χ1) is 16.6. The normalized spacial score (nSPS) is 55.9. The zero-order valence-corrected chi connectivity index (χ0v) is 23.0. The molecule has 0 aromatic rings. The SMILES string of the molecule is C[C@@H]1CC[C@]2(C(=O)O)CC[C@]3(C)C(=CC[C@@H]4[C@@]5(CO)CC[C@H](O)C(C)(C)[C@@H]5[C@H](O)C[C@]43C)[C@@H]2[C@]1(C)O. The Hall–Kier alpha value is -0.950. The summed E-state index contributed by atoms with van der Waals surface area (Å²) in [5.41, 5.74) is -2.81. The van der Waals surface area contributed by atoms with E-state index >= 15 is 0 Å². The summed E-state index contributed by atoms with van der Waals surface area (Å²) in [7, 11) is 0. The van der Waals surface area contributed by atoms with Gasteiger partial charge in [0.25, 0.3) is 0 Å². The molecule has 36 heavy (non-hydrogen) atoms. The molecular formula is C30H48O6. The van der Waals surface area contributed by atoms with Crippen molar-refractivity contribution in [3.8, 4) is 0 Å². The van der Waals surface area contributed by atoms with E-state index in [9.17, 15) is 30.3 Å². The number of rotatable bonds is 2. The average molecular weight is 505 g/mol. The topological polar surface area (TPSA) is 118 Å². The van der Waals surface area contributed by atoms with Gasteiger partial charge in [-0.1, -0.05) is 46.3 Å². The van der Waals surface area contributed by atoms with Gasteiger partial charge in [-0.2, -0.15) is 0 Å². The minimum atomic E-state index is -1.13. The molecule has 5 aliphatic rings. The van der Waals surface area contributed by atoms with Crippen molar-refractivity contribution in [3.63, 3.8) is 0 Å². The van der Waals surface area contributed by atoms with Gasteiger partial charge in [-0.25, -0.2) is 0 Å². The lowest BCUT2D eigenvalue weighted by Gasteiger charge is -2.72. The summed E-state index contributed by atoms with van der Waals surface area (Å²) in [6.07, 6.45) is 6.08. The van der Waals surface area contributed by atoms with E-state index in [1.807, 2.05) is 27.7 Å².